The van der Waals surface area contributed by atoms with Crippen molar-refractivity contribution in [1.29, 1.82) is 0 Å². The minimum atomic E-state index is 0.313. The fourth-order valence-electron chi connectivity index (χ4n) is 1.98. The summed E-state index contributed by atoms with van der Waals surface area (Å²) in [6.07, 6.45) is 4.78. The van der Waals surface area contributed by atoms with Gasteiger partial charge in [-0.15, -0.1) is 0 Å². The molecule has 0 aliphatic heterocycles. The molecule has 0 aromatic carbocycles. The summed E-state index contributed by atoms with van der Waals surface area (Å²) in [5.74, 6) is 2.94. The molecular formula is C15H24N6. The number of nitrogens with one attached hydrogen (secondary N) is 2. The largest absolute Gasteiger partial charge is 0.370 e. The summed E-state index contributed by atoms with van der Waals surface area (Å²) in [4.78, 5) is 9.08. The standard InChI is InChI=1S/C15H24N6/c1-4-16-13-11-14(20-15(19-13)12(2)3)17-7-5-9-21-10-6-8-18-21/h6,8,10-12H,4-5,7,9H2,1-3H3,(H2,16,17,19,20). The topological polar surface area (TPSA) is 67.7 Å². The van der Waals surface area contributed by atoms with Gasteiger partial charge in [-0.05, 0) is 19.4 Å². The third-order valence-corrected chi connectivity index (χ3v) is 3.05. The first kappa shape index (κ1) is 15.3. The van der Waals surface area contributed by atoms with Crippen molar-refractivity contribution in [3.8, 4) is 0 Å². The zero-order chi connectivity index (χ0) is 15.1. The molecule has 21 heavy (non-hydrogen) atoms. The zero-order valence-corrected chi connectivity index (χ0v) is 13.0. The molecule has 0 unspecified atom stereocenters. The normalized spacial score (nSPS) is 10.9. The van der Waals surface area contributed by atoms with Crippen LogP contribution in [0.25, 0.3) is 0 Å². The van der Waals surface area contributed by atoms with Crippen LogP contribution < -0.4 is 10.6 Å². The molecule has 2 aromatic heterocycles. The quantitative estimate of drug-likeness (QED) is 0.731. The Bertz CT molecular complexity index is 535. The van der Waals surface area contributed by atoms with Crippen LogP contribution >= 0.6 is 0 Å². The van der Waals surface area contributed by atoms with Gasteiger partial charge in [0.15, 0.2) is 0 Å². The monoisotopic (exact) mass is 288 g/mol. The van der Waals surface area contributed by atoms with Crippen molar-refractivity contribution in [3.05, 3.63) is 30.4 Å². The summed E-state index contributed by atoms with van der Waals surface area (Å²) in [6, 6.07) is 3.90. The molecule has 2 heterocycles. The van der Waals surface area contributed by atoms with E-state index in [1.165, 1.54) is 0 Å². The summed E-state index contributed by atoms with van der Waals surface area (Å²) in [5, 5.41) is 10.8. The molecule has 0 spiro atoms. The maximum Gasteiger partial charge on any atom is 0.135 e. The van der Waals surface area contributed by atoms with Crippen LogP contribution in [-0.2, 0) is 6.54 Å². The third kappa shape index (κ3) is 4.73. The Morgan fingerprint density at radius 2 is 1.95 bits per heavy atom. The van der Waals surface area contributed by atoms with Crippen molar-refractivity contribution in [2.45, 2.75) is 39.7 Å². The van der Waals surface area contributed by atoms with Crippen LogP contribution in [0.4, 0.5) is 11.6 Å². The summed E-state index contributed by atoms with van der Waals surface area (Å²) in [5.41, 5.74) is 0. The summed E-state index contributed by atoms with van der Waals surface area (Å²) < 4.78 is 1.94. The number of anilines is 2. The Morgan fingerprint density at radius 3 is 2.57 bits per heavy atom. The second-order valence-electron chi connectivity index (χ2n) is 5.23. The predicted octanol–water partition coefficient (Wildman–Crippen LogP) is 2.73. The third-order valence-electron chi connectivity index (χ3n) is 3.05. The number of hydrogen-bond donors (Lipinski definition) is 2. The molecule has 114 valence electrons. The number of nitrogens with zero attached hydrogens (tertiary/aromatic N) is 4. The van der Waals surface area contributed by atoms with E-state index in [0.29, 0.717) is 5.92 Å². The van der Waals surface area contributed by atoms with E-state index in [1.54, 1.807) is 6.20 Å². The van der Waals surface area contributed by atoms with Crippen molar-refractivity contribution >= 4 is 11.6 Å². The van der Waals surface area contributed by atoms with E-state index >= 15 is 0 Å². The van der Waals surface area contributed by atoms with Gasteiger partial charge in [0.1, 0.15) is 17.5 Å². The average Bonchev–Trinajstić information content (AvgIpc) is 2.97. The Hall–Kier alpha value is -2.11. The fraction of sp³-hybridized carbons (Fsp3) is 0.533. The van der Waals surface area contributed by atoms with Crippen molar-refractivity contribution in [2.75, 3.05) is 23.7 Å². The highest BCUT2D eigenvalue weighted by molar-refractivity contribution is 5.47. The Kier molecular flexibility index (Phi) is 5.54. The number of aromatic nitrogens is 4. The molecule has 0 saturated carbocycles. The van der Waals surface area contributed by atoms with Crippen molar-refractivity contribution in [2.24, 2.45) is 0 Å². The predicted molar refractivity (Wildman–Crippen MR) is 85.6 cm³/mol. The van der Waals surface area contributed by atoms with E-state index in [1.807, 2.05) is 23.0 Å². The van der Waals surface area contributed by atoms with Crippen molar-refractivity contribution in [3.63, 3.8) is 0 Å². The average molecular weight is 288 g/mol. The molecule has 0 aliphatic rings. The molecule has 6 heteroatoms. The van der Waals surface area contributed by atoms with E-state index in [4.69, 9.17) is 0 Å². The molecule has 2 rings (SSSR count). The van der Waals surface area contributed by atoms with Gasteiger partial charge in [-0.2, -0.15) is 5.10 Å². The molecule has 0 bridgehead atoms. The van der Waals surface area contributed by atoms with Gasteiger partial charge < -0.3 is 10.6 Å². The molecule has 6 nitrogen and oxygen atoms in total. The SMILES string of the molecule is CCNc1cc(NCCCn2cccn2)nc(C(C)C)n1. The van der Waals surface area contributed by atoms with Crippen LogP contribution in [0.1, 0.15) is 38.9 Å². The summed E-state index contributed by atoms with van der Waals surface area (Å²) >= 11 is 0. The molecule has 2 aromatic rings. The molecule has 0 fully saturated rings. The van der Waals surface area contributed by atoms with Crippen LogP contribution in [-0.4, -0.2) is 32.8 Å². The van der Waals surface area contributed by atoms with Crippen LogP contribution in [0.5, 0.6) is 0 Å². The molecule has 0 radical (unpaired) electrons. The van der Waals surface area contributed by atoms with Crippen molar-refractivity contribution < 1.29 is 0 Å². The zero-order valence-electron chi connectivity index (χ0n) is 13.0. The molecule has 0 atom stereocenters. The molecule has 0 aliphatic carbocycles. The van der Waals surface area contributed by atoms with Crippen molar-refractivity contribution in [1.82, 2.24) is 19.7 Å². The number of rotatable bonds is 8. The van der Waals surface area contributed by atoms with E-state index in [0.717, 1.165) is 43.5 Å². The summed E-state index contributed by atoms with van der Waals surface area (Å²) in [6.45, 7) is 8.89. The van der Waals surface area contributed by atoms with Gasteiger partial charge in [0.2, 0.25) is 0 Å². The second-order valence-corrected chi connectivity index (χ2v) is 5.23. The van der Waals surface area contributed by atoms with Gasteiger partial charge >= 0.3 is 0 Å². The van der Waals surface area contributed by atoms with Crippen LogP contribution in [0.2, 0.25) is 0 Å². The first-order chi connectivity index (χ1) is 10.2. The number of aryl methyl sites for hydroxylation is 1. The van der Waals surface area contributed by atoms with Gasteiger partial charge in [-0.3, -0.25) is 4.68 Å². The minimum absolute atomic E-state index is 0.313. The lowest BCUT2D eigenvalue weighted by Gasteiger charge is -2.12. The van der Waals surface area contributed by atoms with Crippen LogP contribution in [0, 0.1) is 0 Å². The highest BCUT2D eigenvalue weighted by Gasteiger charge is 2.07. The lowest BCUT2D eigenvalue weighted by Crippen LogP contribution is -2.11. The van der Waals surface area contributed by atoms with Gasteiger partial charge in [-0.25, -0.2) is 9.97 Å². The number of hydrogen-bond acceptors (Lipinski definition) is 5. The highest BCUT2D eigenvalue weighted by atomic mass is 15.3. The smallest absolute Gasteiger partial charge is 0.135 e. The second kappa shape index (κ2) is 7.61. The first-order valence-electron chi connectivity index (χ1n) is 7.53. The lowest BCUT2D eigenvalue weighted by molar-refractivity contribution is 0.591. The Morgan fingerprint density at radius 1 is 1.19 bits per heavy atom. The highest BCUT2D eigenvalue weighted by Crippen LogP contribution is 2.16. The van der Waals surface area contributed by atoms with Gasteiger partial charge in [0.25, 0.3) is 0 Å². The van der Waals surface area contributed by atoms with Gasteiger partial charge in [0, 0.05) is 44.0 Å². The molecular weight excluding hydrogens is 264 g/mol. The van der Waals surface area contributed by atoms with Crippen LogP contribution in [0.3, 0.4) is 0 Å². The minimum Gasteiger partial charge on any atom is -0.370 e. The molecule has 0 amide bonds. The molecule has 0 saturated heterocycles. The maximum atomic E-state index is 4.57. The fourth-order valence-corrected chi connectivity index (χ4v) is 1.98. The Balaban J connectivity index is 1.91. The lowest BCUT2D eigenvalue weighted by atomic mass is 10.2. The van der Waals surface area contributed by atoms with Gasteiger partial charge in [-0.1, -0.05) is 13.8 Å². The van der Waals surface area contributed by atoms with E-state index in [2.05, 4.69) is 46.5 Å². The summed E-state index contributed by atoms with van der Waals surface area (Å²) in [7, 11) is 0. The Labute approximate surface area is 126 Å². The molecule has 2 N–H and O–H groups in total. The van der Waals surface area contributed by atoms with E-state index < -0.39 is 0 Å². The van der Waals surface area contributed by atoms with Gasteiger partial charge in [0.05, 0.1) is 0 Å². The van der Waals surface area contributed by atoms with E-state index in [9.17, 15) is 0 Å². The van der Waals surface area contributed by atoms with E-state index in [-0.39, 0.29) is 0 Å². The van der Waals surface area contributed by atoms with Crippen LogP contribution in [0.15, 0.2) is 24.5 Å². The first-order valence-corrected chi connectivity index (χ1v) is 7.53. The maximum absolute atomic E-state index is 4.57.